The van der Waals surface area contributed by atoms with Crippen molar-refractivity contribution in [3.05, 3.63) is 35.9 Å². The van der Waals surface area contributed by atoms with Crippen LogP contribution in [0.1, 0.15) is 26.3 Å². The molecule has 0 saturated heterocycles. The number of carboxylic acids is 1. The zero-order valence-corrected chi connectivity index (χ0v) is 11.1. The van der Waals surface area contributed by atoms with Crippen molar-refractivity contribution in [2.45, 2.75) is 26.4 Å². The van der Waals surface area contributed by atoms with E-state index in [4.69, 9.17) is 9.84 Å². The molecule has 0 aliphatic carbocycles. The number of carbonyl (C=O) groups is 2. The summed E-state index contributed by atoms with van der Waals surface area (Å²) < 4.78 is 5.12. The third-order valence-electron chi connectivity index (χ3n) is 1.95. The summed E-state index contributed by atoms with van der Waals surface area (Å²) in [6.07, 6.45) is 1.93. The second kappa shape index (κ2) is 6.04. The summed E-state index contributed by atoms with van der Waals surface area (Å²) in [5, 5.41) is 11.1. The highest BCUT2D eigenvalue weighted by Crippen LogP contribution is 2.14. The van der Waals surface area contributed by atoms with Crippen LogP contribution in [-0.4, -0.2) is 22.8 Å². The van der Waals surface area contributed by atoms with E-state index in [1.54, 1.807) is 45.0 Å². The molecule has 1 rings (SSSR count). The molecular formula is C14H17NO4. The van der Waals surface area contributed by atoms with Gasteiger partial charge in [-0.3, -0.25) is 5.32 Å². The Kier molecular flexibility index (Phi) is 4.69. The summed E-state index contributed by atoms with van der Waals surface area (Å²) in [6, 6.07) is 6.80. The third-order valence-corrected chi connectivity index (χ3v) is 1.95. The van der Waals surface area contributed by atoms with E-state index in [-0.39, 0.29) is 0 Å². The molecule has 1 aromatic rings. The maximum absolute atomic E-state index is 11.6. The molecule has 0 saturated carbocycles. The van der Waals surface area contributed by atoms with Crippen LogP contribution >= 0.6 is 0 Å². The van der Waals surface area contributed by atoms with E-state index in [9.17, 15) is 9.59 Å². The first-order valence-electron chi connectivity index (χ1n) is 5.77. The molecule has 0 fully saturated rings. The lowest BCUT2D eigenvalue weighted by Crippen LogP contribution is -2.27. The molecule has 0 spiro atoms. The van der Waals surface area contributed by atoms with Crippen LogP contribution in [-0.2, 0) is 9.53 Å². The lowest BCUT2D eigenvalue weighted by molar-refractivity contribution is -0.131. The topological polar surface area (TPSA) is 75.6 Å². The minimum Gasteiger partial charge on any atom is -0.478 e. The number of hydrogen-bond acceptors (Lipinski definition) is 3. The maximum Gasteiger partial charge on any atom is 0.412 e. The van der Waals surface area contributed by atoms with Crippen LogP contribution in [0.2, 0.25) is 0 Å². The van der Waals surface area contributed by atoms with Crippen molar-refractivity contribution in [1.29, 1.82) is 0 Å². The molecule has 0 unspecified atom stereocenters. The predicted octanol–water partition coefficient (Wildman–Crippen LogP) is 3.13. The van der Waals surface area contributed by atoms with Gasteiger partial charge in [0.05, 0.1) is 0 Å². The van der Waals surface area contributed by atoms with Gasteiger partial charge in [0.1, 0.15) is 5.60 Å². The Hall–Kier alpha value is -2.30. The van der Waals surface area contributed by atoms with Gasteiger partial charge in [-0.2, -0.15) is 0 Å². The van der Waals surface area contributed by atoms with Crippen LogP contribution in [0.3, 0.4) is 0 Å². The molecular weight excluding hydrogens is 246 g/mol. The minimum atomic E-state index is -1.02. The lowest BCUT2D eigenvalue weighted by atomic mass is 10.2. The number of nitrogens with one attached hydrogen (secondary N) is 1. The number of benzene rings is 1. The molecule has 5 nitrogen and oxygen atoms in total. The highest BCUT2D eigenvalue weighted by Gasteiger charge is 2.16. The van der Waals surface area contributed by atoms with Gasteiger partial charge in [0.15, 0.2) is 0 Å². The Balaban J connectivity index is 2.72. The summed E-state index contributed by atoms with van der Waals surface area (Å²) in [6.45, 7) is 5.33. The van der Waals surface area contributed by atoms with Crippen LogP contribution < -0.4 is 5.32 Å². The largest absolute Gasteiger partial charge is 0.478 e. The van der Waals surface area contributed by atoms with Crippen molar-refractivity contribution in [3.63, 3.8) is 0 Å². The molecule has 19 heavy (non-hydrogen) atoms. The average Bonchev–Trinajstić information content (AvgIpc) is 2.24. The third kappa shape index (κ3) is 6.26. The maximum atomic E-state index is 11.6. The fraction of sp³-hybridized carbons (Fsp3) is 0.286. The van der Waals surface area contributed by atoms with Gasteiger partial charge in [0, 0.05) is 11.8 Å². The number of rotatable bonds is 3. The number of amides is 1. The van der Waals surface area contributed by atoms with Gasteiger partial charge in [0.25, 0.3) is 0 Å². The summed E-state index contributed by atoms with van der Waals surface area (Å²) in [5.74, 6) is -1.02. The van der Waals surface area contributed by atoms with Gasteiger partial charge < -0.3 is 9.84 Å². The highest BCUT2D eigenvalue weighted by molar-refractivity contribution is 5.87. The van der Waals surface area contributed by atoms with E-state index < -0.39 is 17.7 Å². The molecule has 0 heterocycles. The fourth-order valence-electron chi connectivity index (χ4n) is 1.31. The quantitative estimate of drug-likeness (QED) is 0.821. The molecule has 1 aromatic carbocycles. The van der Waals surface area contributed by atoms with E-state index in [0.29, 0.717) is 11.3 Å². The minimum absolute atomic E-state index is 0.543. The van der Waals surface area contributed by atoms with Crippen LogP contribution in [0.5, 0.6) is 0 Å². The molecule has 1 amide bonds. The van der Waals surface area contributed by atoms with Crippen molar-refractivity contribution in [1.82, 2.24) is 0 Å². The van der Waals surface area contributed by atoms with Crippen molar-refractivity contribution < 1.29 is 19.4 Å². The van der Waals surface area contributed by atoms with Crippen LogP contribution in [0.15, 0.2) is 30.3 Å². The highest BCUT2D eigenvalue weighted by atomic mass is 16.6. The van der Waals surface area contributed by atoms with Crippen molar-refractivity contribution in [2.24, 2.45) is 0 Å². The van der Waals surface area contributed by atoms with Crippen molar-refractivity contribution in [2.75, 3.05) is 5.32 Å². The molecule has 2 N–H and O–H groups in total. The lowest BCUT2D eigenvalue weighted by Gasteiger charge is -2.19. The van der Waals surface area contributed by atoms with Gasteiger partial charge in [-0.15, -0.1) is 0 Å². The molecule has 5 heteroatoms. The Morgan fingerprint density at radius 1 is 1.32 bits per heavy atom. The second-order valence-corrected chi connectivity index (χ2v) is 4.92. The first kappa shape index (κ1) is 14.8. The molecule has 0 aliphatic heterocycles. The SMILES string of the molecule is CC(C)(C)OC(=O)Nc1cccc(/C=C/C(=O)O)c1. The van der Waals surface area contributed by atoms with E-state index >= 15 is 0 Å². The molecule has 102 valence electrons. The number of hydrogen-bond donors (Lipinski definition) is 2. The number of ether oxygens (including phenoxy) is 1. The van der Waals surface area contributed by atoms with Gasteiger partial charge in [-0.25, -0.2) is 9.59 Å². The summed E-state index contributed by atoms with van der Waals surface area (Å²) >= 11 is 0. The summed E-state index contributed by atoms with van der Waals surface area (Å²) in [7, 11) is 0. The molecule has 0 aliphatic rings. The molecule has 0 bridgehead atoms. The van der Waals surface area contributed by atoms with E-state index in [0.717, 1.165) is 6.08 Å². The normalized spacial score (nSPS) is 11.3. The Labute approximate surface area is 111 Å². The van der Waals surface area contributed by atoms with Crippen LogP contribution in [0.25, 0.3) is 6.08 Å². The first-order chi connectivity index (χ1) is 8.76. The van der Waals surface area contributed by atoms with E-state index in [1.165, 1.54) is 6.08 Å². The molecule has 0 aromatic heterocycles. The second-order valence-electron chi connectivity index (χ2n) is 4.92. The number of anilines is 1. The Bertz CT molecular complexity index is 500. The van der Waals surface area contributed by atoms with Gasteiger partial charge in [-0.05, 0) is 44.5 Å². The smallest absolute Gasteiger partial charge is 0.412 e. The van der Waals surface area contributed by atoms with E-state index in [1.807, 2.05) is 0 Å². The summed E-state index contributed by atoms with van der Waals surface area (Å²) in [5.41, 5.74) is 0.656. The Morgan fingerprint density at radius 2 is 2.00 bits per heavy atom. The van der Waals surface area contributed by atoms with Gasteiger partial charge >= 0.3 is 12.1 Å². The number of aliphatic carboxylic acids is 1. The molecule has 0 atom stereocenters. The zero-order valence-electron chi connectivity index (χ0n) is 11.1. The first-order valence-corrected chi connectivity index (χ1v) is 5.77. The average molecular weight is 263 g/mol. The Morgan fingerprint density at radius 3 is 2.58 bits per heavy atom. The van der Waals surface area contributed by atoms with E-state index in [2.05, 4.69) is 5.32 Å². The van der Waals surface area contributed by atoms with Gasteiger partial charge in [0.2, 0.25) is 0 Å². The zero-order chi connectivity index (χ0) is 14.5. The standard InChI is InChI=1S/C14H17NO4/c1-14(2,3)19-13(18)15-11-6-4-5-10(9-11)7-8-12(16)17/h4-9H,1-3H3,(H,15,18)(H,16,17)/b8-7+. The van der Waals surface area contributed by atoms with Crippen LogP contribution in [0, 0.1) is 0 Å². The predicted molar refractivity (Wildman–Crippen MR) is 73.0 cm³/mol. The van der Waals surface area contributed by atoms with Crippen molar-refractivity contribution in [3.8, 4) is 0 Å². The molecule has 0 radical (unpaired) electrons. The monoisotopic (exact) mass is 263 g/mol. The number of carboxylic acid groups (broad SMARTS) is 1. The van der Waals surface area contributed by atoms with Crippen molar-refractivity contribution >= 4 is 23.8 Å². The van der Waals surface area contributed by atoms with Gasteiger partial charge in [-0.1, -0.05) is 12.1 Å². The van der Waals surface area contributed by atoms with Crippen LogP contribution in [0.4, 0.5) is 10.5 Å². The summed E-state index contributed by atoms with van der Waals surface area (Å²) in [4.78, 5) is 22.0. The number of carbonyl (C=O) groups excluding carboxylic acids is 1. The fourth-order valence-corrected chi connectivity index (χ4v) is 1.31.